The highest BCUT2D eigenvalue weighted by Crippen LogP contribution is 2.05. The fourth-order valence-corrected chi connectivity index (χ4v) is 0.818. The summed E-state index contributed by atoms with van der Waals surface area (Å²) in [7, 11) is 0. The van der Waals surface area contributed by atoms with E-state index in [1.807, 2.05) is 0 Å². The number of rotatable bonds is 3. The summed E-state index contributed by atoms with van der Waals surface area (Å²) in [6.07, 6.45) is 0.237. The molecule has 0 aromatic heterocycles. The second kappa shape index (κ2) is 3.57. The monoisotopic (exact) mass is 177 g/mol. The molecule has 1 aliphatic rings. The Balaban J connectivity index is 2.16. The molecule has 62 valence electrons. The lowest BCUT2D eigenvalue weighted by molar-refractivity contribution is -0.152. The molecule has 1 saturated heterocycles. The van der Waals surface area contributed by atoms with E-state index in [9.17, 15) is 9.59 Å². The number of esters is 1. The maximum atomic E-state index is 10.8. The van der Waals surface area contributed by atoms with Crippen LogP contribution in [0.4, 0.5) is 0 Å². The third-order valence-electron chi connectivity index (χ3n) is 1.33. The lowest BCUT2D eigenvalue weighted by Gasteiger charge is -2.24. The molecule has 0 aromatic carbocycles. The summed E-state index contributed by atoms with van der Waals surface area (Å²) in [5.74, 6) is -0.227. The molecule has 1 aliphatic heterocycles. The summed E-state index contributed by atoms with van der Waals surface area (Å²) in [5.41, 5.74) is 0. The van der Waals surface area contributed by atoms with Crippen molar-refractivity contribution in [3.8, 4) is 0 Å². The predicted octanol–water partition coefficient (Wildman–Crippen LogP) is -0.343. The van der Waals surface area contributed by atoms with Gasteiger partial charge in [-0.3, -0.25) is 4.79 Å². The molecule has 0 aromatic rings. The van der Waals surface area contributed by atoms with E-state index >= 15 is 0 Å². The largest absolute Gasteiger partial charge is 0.463 e. The van der Waals surface area contributed by atoms with Crippen molar-refractivity contribution in [2.45, 2.75) is 12.5 Å². The minimum absolute atomic E-state index is 0.113. The van der Waals surface area contributed by atoms with Gasteiger partial charge in [-0.25, -0.2) is 4.79 Å². The van der Waals surface area contributed by atoms with Crippen LogP contribution in [0, 0.1) is 0 Å². The number of halogens is 1. The summed E-state index contributed by atoms with van der Waals surface area (Å²) in [6.45, 7) is 0.201. The van der Waals surface area contributed by atoms with Crippen LogP contribution >= 0.6 is 11.6 Å². The molecule has 11 heavy (non-hydrogen) atoms. The molecule has 1 heterocycles. The van der Waals surface area contributed by atoms with Gasteiger partial charge in [0, 0.05) is 0 Å². The lowest BCUT2D eigenvalue weighted by atomic mass is 10.1. The van der Waals surface area contributed by atoms with Gasteiger partial charge in [0.25, 0.3) is 0 Å². The first kappa shape index (κ1) is 8.33. The molecule has 0 unspecified atom stereocenters. The number of carbonyl (C=O) groups excluding carboxylic acids is 2. The quantitative estimate of drug-likeness (QED) is 0.365. The van der Waals surface area contributed by atoms with E-state index in [2.05, 4.69) is 10.1 Å². The van der Waals surface area contributed by atoms with Crippen molar-refractivity contribution < 1.29 is 14.3 Å². The van der Waals surface area contributed by atoms with Crippen LogP contribution in [-0.4, -0.2) is 30.4 Å². The fraction of sp³-hybridized carbons (Fsp3) is 0.667. The van der Waals surface area contributed by atoms with E-state index < -0.39 is 12.0 Å². The molecule has 1 amide bonds. The van der Waals surface area contributed by atoms with Crippen LogP contribution in [-0.2, 0) is 14.3 Å². The minimum Gasteiger partial charge on any atom is -0.463 e. The predicted molar refractivity (Wildman–Crippen MR) is 38.2 cm³/mol. The number of β-lactam (4-membered cyclic amide) rings is 1. The van der Waals surface area contributed by atoms with Crippen molar-refractivity contribution >= 4 is 23.5 Å². The Morgan fingerprint density at radius 1 is 1.82 bits per heavy atom. The van der Waals surface area contributed by atoms with Crippen molar-refractivity contribution in [1.82, 2.24) is 5.32 Å². The van der Waals surface area contributed by atoms with Gasteiger partial charge in [-0.05, 0) is 0 Å². The topological polar surface area (TPSA) is 55.4 Å². The van der Waals surface area contributed by atoms with Gasteiger partial charge >= 0.3 is 5.97 Å². The molecule has 0 bridgehead atoms. The Morgan fingerprint density at radius 3 is 2.91 bits per heavy atom. The highest BCUT2D eigenvalue weighted by molar-refractivity contribution is 6.18. The highest BCUT2D eigenvalue weighted by Gasteiger charge is 2.32. The Hall–Kier alpha value is -0.770. The summed E-state index contributed by atoms with van der Waals surface area (Å²) in [4.78, 5) is 21.2. The van der Waals surface area contributed by atoms with Gasteiger partial charge < -0.3 is 10.1 Å². The van der Waals surface area contributed by atoms with Crippen molar-refractivity contribution in [3.63, 3.8) is 0 Å². The number of nitrogens with one attached hydrogen (secondary N) is 1. The van der Waals surface area contributed by atoms with Crippen LogP contribution in [0.3, 0.4) is 0 Å². The number of hydrogen-bond acceptors (Lipinski definition) is 3. The van der Waals surface area contributed by atoms with Crippen molar-refractivity contribution in [1.29, 1.82) is 0 Å². The Bertz CT molecular complexity index is 175. The molecule has 0 saturated carbocycles. The van der Waals surface area contributed by atoms with E-state index in [0.29, 0.717) is 0 Å². The molecule has 1 fully saturated rings. The third-order valence-corrected chi connectivity index (χ3v) is 1.49. The average Bonchev–Trinajstić information content (AvgIpc) is 1.94. The maximum absolute atomic E-state index is 10.8. The van der Waals surface area contributed by atoms with Crippen LogP contribution in [0.15, 0.2) is 0 Å². The zero-order valence-electron chi connectivity index (χ0n) is 5.80. The number of alkyl halides is 1. The second-order valence-electron chi connectivity index (χ2n) is 2.18. The zero-order chi connectivity index (χ0) is 8.27. The standard InChI is InChI=1S/C6H8ClNO3/c7-1-2-11-6(10)4-3-5(9)8-4/h4H,1-3H2,(H,8,9)/t4-/m0/s1. The van der Waals surface area contributed by atoms with Gasteiger partial charge in [0.05, 0.1) is 12.3 Å². The van der Waals surface area contributed by atoms with Gasteiger partial charge in [0.1, 0.15) is 12.6 Å². The lowest BCUT2D eigenvalue weighted by Crippen LogP contribution is -2.53. The summed E-state index contributed by atoms with van der Waals surface area (Å²) in [6, 6.07) is -0.439. The third kappa shape index (κ3) is 2.08. The van der Waals surface area contributed by atoms with Crippen LogP contribution in [0.2, 0.25) is 0 Å². The Kier molecular flexibility index (Phi) is 2.70. The zero-order valence-corrected chi connectivity index (χ0v) is 6.56. The molecular weight excluding hydrogens is 170 g/mol. The maximum Gasteiger partial charge on any atom is 0.329 e. The van der Waals surface area contributed by atoms with Gasteiger partial charge in [0.15, 0.2) is 0 Å². The molecule has 5 heteroatoms. The van der Waals surface area contributed by atoms with E-state index in [-0.39, 0.29) is 24.8 Å². The highest BCUT2D eigenvalue weighted by atomic mass is 35.5. The number of amides is 1. The fourth-order valence-electron chi connectivity index (χ4n) is 0.741. The van der Waals surface area contributed by atoms with Crippen molar-refractivity contribution in [2.75, 3.05) is 12.5 Å². The average molecular weight is 178 g/mol. The smallest absolute Gasteiger partial charge is 0.329 e. The van der Waals surface area contributed by atoms with Gasteiger partial charge in [-0.2, -0.15) is 0 Å². The first-order valence-corrected chi connectivity index (χ1v) is 3.79. The number of carbonyl (C=O) groups is 2. The summed E-state index contributed by atoms with van der Waals surface area (Å²) >= 11 is 5.28. The van der Waals surface area contributed by atoms with E-state index in [1.165, 1.54) is 0 Å². The summed E-state index contributed by atoms with van der Waals surface area (Å²) < 4.78 is 4.66. The molecule has 4 nitrogen and oxygen atoms in total. The molecule has 0 aliphatic carbocycles. The van der Waals surface area contributed by atoms with Gasteiger partial charge in [-0.1, -0.05) is 0 Å². The molecule has 1 atom stereocenters. The van der Waals surface area contributed by atoms with Crippen LogP contribution in [0.25, 0.3) is 0 Å². The van der Waals surface area contributed by atoms with Crippen LogP contribution in [0.1, 0.15) is 6.42 Å². The molecule has 1 N–H and O–H groups in total. The first-order valence-electron chi connectivity index (χ1n) is 3.26. The molecular formula is C6H8ClNO3. The minimum atomic E-state index is -0.439. The molecule has 1 rings (SSSR count). The Labute approximate surface area is 68.8 Å². The second-order valence-corrected chi connectivity index (χ2v) is 2.56. The van der Waals surface area contributed by atoms with Crippen molar-refractivity contribution in [3.05, 3.63) is 0 Å². The van der Waals surface area contributed by atoms with E-state index in [0.717, 1.165) is 0 Å². The molecule has 0 radical (unpaired) electrons. The van der Waals surface area contributed by atoms with Crippen molar-refractivity contribution in [2.24, 2.45) is 0 Å². The Morgan fingerprint density at radius 2 is 2.45 bits per heavy atom. The van der Waals surface area contributed by atoms with E-state index in [1.54, 1.807) is 0 Å². The first-order chi connectivity index (χ1) is 5.24. The van der Waals surface area contributed by atoms with Crippen LogP contribution in [0.5, 0.6) is 0 Å². The molecule has 0 spiro atoms. The SMILES string of the molecule is O=C1C[C@@H](C(=O)OCCCl)N1. The van der Waals surface area contributed by atoms with Crippen LogP contribution < -0.4 is 5.32 Å². The number of ether oxygens (including phenoxy) is 1. The number of hydrogen-bond donors (Lipinski definition) is 1. The van der Waals surface area contributed by atoms with Gasteiger partial charge in [-0.15, -0.1) is 11.6 Å². The summed E-state index contributed by atoms with van der Waals surface area (Å²) in [5, 5.41) is 2.39. The van der Waals surface area contributed by atoms with E-state index in [4.69, 9.17) is 11.6 Å². The normalized spacial score (nSPS) is 21.9. The van der Waals surface area contributed by atoms with Gasteiger partial charge in [0.2, 0.25) is 5.91 Å².